The fourth-order valence-electron chi connectivity index (χ4n) is 4.50. The van der Waals surface area contributed by atoms with Crippen LogP contribution in [-0.2, 0) is 20.7 Å². The van der Waals surface area contributed by atoms with Crippen molar-refractivity contribution in [3.8, 4) is 0 Å². The summed E-state index contributed by atoms with van der Waals surface area (Å²) >= 11 is 0. The van der Waals surface area contributed by atoms with Gasteiger partial charge in [-0.1, -0.05) is 30.3 Å². The molecule has 2 aliphatic heterocycles. The molecule has 2 fully saturated rings. The highest BCUT2D eigenvalue weighted by Crippen LogP contribution is 2.22. The van der Waals surface area contributed by atoms with Crippen molar-refractivity contribution in [3.05, 3.63) is 35.9 Å². The van der Waals surface area contributed by atoms with Gasteiger partial charge >= 0.3 is 5.97 Å². The highest BCUT2D eigenvalue weighted by Gasteiger charge is 2.27. The number of benzene rings is 1. The largest absolute Gasteiger partial charge is 0.469 e. The molecule has 32 heavy (non-hydrogen) atoms. The average molecular weight is 556 g/mol. The average Bonchev–Trinajstić information content (AvgIpc) is 2.82. The van der Waals surface area contributed by atoms with E-state index in [0.717, 1.165) is 70.8 Å². The predicted octanol–water partition coefficient (Wildman–Crippen LogP) is 2.94. The first-order valence-corrected chi connectivity index (χ1v) is 11.5. The zero-order valence-electron chi connectivity index (χ0n) is 19.3. The Labute approximate surface area is 209 Å². The number of methoxy groups -OCH3 is 1. The van der Waals surface area contributed by atoms with Crippen LogP contribution in [0, 0.1) is 11.8 Å². The smallest absolute Gasteiger partial charge is 0.308 e. The molecule has 0 aliphatic carbocycles. The van der Waals surface area contributed by atoms with Crippen molar-refractivity contribution in [3.63, 3.8) is 0 Å². The summed E-state index contributed by atoms with van der Waals surface area (Å²) in [5.41, 5.74) is 1.38. The predicted molar refractivity (Wildman–Crippen MR) is 137 cm³/mol. The number of amides is 1. The van der Waals surface area contributed by atoms with Crippen LogP contribution in [0.4, 0.5) is 0 Å². The Kier molecular flexibility index (Phi) is 11.3. The molecule has 8 heteroatoms. The van der Waals surface area contributed by atoms with Gasteiger partial charge in [-0.25, -0.2) is 4.99 Å². The monoisotopic (exact) mass is 556 g/mol. The highest BCUT2D eigenvalue weighted by molar-refractivity contribution is 14.0. The minimum atomic E-state index is -0.132. The van der Waals surface area contributed by atoms with Gasteiger partial charge in [0.2, 0.25) is 5.91 Å². The number of rotatable bonds is 6. The van der Waals surface area contributed by atoms with Crippen molar-refractivity contribution in [1.82, 2.24) is 15.1 Å². The van der Waals surface area contributed by atoms with Crippen LogP contribution in [0.1, 0.15) is 38.2 Å². The molecular formula is C24H37IN4O3. The van der Waals surface area contributed by atoms with Crippen molar-refractivity contribution in [1.29, 1.82) is 0 Å². The molecule has 0 spiro atoms. The first kappa shape index (κ1) is 26.4. The molecule has 1 N–H and O–H groups in total. The quantitative estimate of drug-likeness (QED) is 0.253. The maximum atomic E-state index is 12.7. The van der Waals surface area contributed by atoms with Gasteiger partial charge in [-0.05, 0) is 50.5 Å². The number of nitrogens with zero attached hydrogens (tertiary/aromatic N) is 3. The van der Waals surface area contributed by atoms with Crippen LogP contribution in [0.25, 0.3) is 0 Å². The second kappa shape index (κ2) is 13.6. The number of likely N-dealkylation sites (tertiary alicyclic amines) is 2. The number of esters is 1. The second-order valence-electron chi connectivity index (χ2n) is 8.47. The molecule has 0 saturated carbocycles. The third-order valence-corrected chi connectivity index (χ3v) is 6.36. The zero-order valence-corrected chi connectivity index (χ0v) is 21.6. The van der Waals surface area contributed by atoms with E-state index < -0.39 is 0 Å². The summed E-state index contributed by atoms with van der Waals surface area (Å²) in [6.07, 6.45) is 4.68. The summed E-state index contributed by atoms with van der Waals surface area (Å²) < 4.78 is 4.87. The first-order valence-electron chi connectivity index (χ1n) is 11.5. The van der Waals surface area contributed by atoms with Crippen molar-refractivity contribution in [2.75, 3.05) is 46.4 Å². The first-order chi connectivity index (χ1) is 15.1. The van der Waals surface area contributed by atoms with E-state index in [0.29, 0.717) is 5.92 Å². The van der Waals surface area contributed by atoms with Gasteiger partial charge < -0.3 is 19.9 Å². The molecule has 0 unspecified atom stereocenters. The molecule has 0 radical (unpaired) electrons. The summed E-state index contributed by atoms with van der Waals surface area (Å²) in [7, 11) is 1.44. The Balaban J connectivity index is 0.00000363. The number of guanidine groups is 1. The second-order valence-corrected chi connectivity index (χ2v) is 8.47. The topological polar surface area (TPSA) is 74.2 Å². The number of piperidine rings is 2. The Morgan fingerprint density at radius 3 is 2.25 bits per heavy atom. The molecule has 3 rings (SSSR count). The van der Waals surface area contributed by atoms with Crippen molar-refractivity contribution >= 4 is 41.8 Å². The van der Waals surface area contributed by atoms with Gasteiger partial charge in [0.05, 0.1) is 13.0 Å². The lowest BCUT2D eigenvalue weighted by molar-refractivity contribution is -0.146. The maximum absolute atomic E-state index is 12.7. The Bertz CT molecular complexity index is 743. The number of carbonyl (C=O) groups is 2. The SMILES string of the molecule is CCNC(=NCC(=O)N1CCC(Cc2ccccc2)CC1)N1CCC(C(=O)OC)CC1.I. The van der Waals surface area contributed by atoms with E-state index in [1.54, 1.807) is 0 Å². The van der Waals surface area contributed by atoms with E-state index in [2.05, 4.69) is 39.5 Å². The number of nitrogens with one attached hydrogen (secondary N) is 1. The van der Waals surface area contributed by atoms with Gasteiger partial charge in [-0.3, -0.25) is 9.59 Å². The van der Waals surface area contributed by atoms with Gasteiger partial charge in [0, 0.05) is 32.7 Å². The number of hydrogen-bond donors (Lipinski definition) is 1. The van der Waals surface area contributed by atoms with E-state index in [1.807, 2.05) is 17.9 Å². The molecule has 178 valence electrons. The summed E-state index contributed by atoms with van der Waals surface area (Å²) in [6, 6.07) is 10.6. The molecule has 0 atom stereocenters. The molecule has 1 aromatic carbocycles. The molecule has 0 bridgehead atoms. The standard InChI is InChI=1S/C24H36N4O3.HI/c1-3-25-24(28-15-11-21(12-16-28)23(30)31-2)26-18-22(29)27-13-9-20(10-14-27)17-19-7-5-4-6-8-19;/h4-8,20-21H,3,9-18H2,1-2H3,(H,25,26);1H. The van der Waals surface area contributed by atoms with Crippen LogP contribution >= 0.6 is 24.0 Å². The minimum Gasteiger partial charge on any atom is -0.469 e. The third kappa shape index (κ3) is 7.64. The van der Waals surface area contributed by atoms with Crippen molar-refractivity contribution < 1.29 is 14.3 Å². The van der Waals surface area contributed by atoms with E-state index in [1.165, 1.54) is 12.7 Å². The molecular weight excluding hydrogens is 519 g/mol. The Morgan fingerprint density at radius 1 is 1.03 bits per heavy atom. The van der Waals surface area contributed by atoms with E-state index in [9.17, 15) is 9.59 Å². The molecule has 7 nitrogen and oxygen atoms in total. The summed E-state index contributed by atoms with van der Waals surface area (Å²) in [5, 5.41) is 3.29. The van der Waals surface area contributed by atoms with Gasteiger partial charge in [-0.2, -0.15) is 0 Å². The molecule has 2 saturated heterocycles. The fraction of sp³-hybridized carbons (Fsp3) is 0.625. The zero-order chi connectivity index (χ0) is 22.1. The lowest BCUT2D eigenvalue weighted by Crippen LogP contribution is -2.47. The summed E-state index contributed by atoms with van der Waals surface area (Å²) in [5.74, 6) is 1.33. The Morgan fingerprint density at radius 2 is 1.66 bits per heavy atom. The van der Waals surface area contributed by atoms with Crippen LogP contribution in [0.15, 0.2) is 35.3 Å². The minimum absolute atomic E-state index is 0. The Hall–Kier alpha value is -1.84. The van der Waals surface area contributed by atoms with Gasteiger partial charge in [0.25, 0.3) is 0 Å². The molecule has 0 aromatic heterocycles. The number of halogens is 1. The van der Waals surface area contributed by atoms with Crippen LogP contribution in [0.3, 0.4) is 0 Å². The number of hydrogen-bond acceptors (Lipinski definition) is 4. The van der Waals surface area contributed by atoms with Crippen molar-refractivity contribution in [2.45, 2.75) is 39.0 Å². The van der Waals surface area contributed by atoms with Crippen molar-refractivity contribution in [2.24, 2.45) is 16.8 Å². The molecule has 2 heterocycles. The number of carbonyl (C=O) groups excluding carboxylic acids is 2. The van der Waals surface area contributed by atoms with Gasteiger partial charge in [0.15, 0.2) is 5.96 Å². The third-order valence-electron chi connectivity index (χ3n) is 6.36. The van der Waals surface area contributed by atoms with Crippen LogP contribution in [-0.4, -0.2) is 74.0 Å². The number of ether oxygens (including phenoxy) is 1. The molecule has 1 aromatic rings. The molecule has 2 aliphatic rings. The summed E-state index contributed by atoms with van der Waals surface area (Å²) in [6.45, 7) is 6.04. The van der Waals surface area contributed by atoms with E-state index in [4.69, 9.17) is 4.74 Å². The summed E-state index contributed by atoms with van der Waals surface area (Å²) in [4.78, 5) is 33.2. The van der Waals surface area contributed by atoms with Crippen LogP contribution in [0.2, 0.25) is 0 Å². The van der Waals surface area contributed by atoms with E-state index >= 15 is 0 Å². The lowest BCUT2D eigenvalue weighted by atomic mass is 9.90. The van der Waals surface area contributed by atoms with Crippen LogP contribution < -0.4 is 5.32 Å². The maximum Gasteiger partial charge on any atom is 0.308 e. The fourth-order valence-corrected chi connectivity index (χ4v) is 4.50. The van der Waals surface area contributed by atoms with Gasteiger partial charge in [0.1, 0.15) is 6.54 Å². The normalized spacial score (nSPS) is 18.1. The lowest BCUT2D eigenvalue weighted by Gasteiger charge is -2.34. The number of aliphatic imine (C=N–C) groups is 1. The van der Waals surface area contributed by atoms with E-state index in [-0.39, 0.29) is 48.3 Å². The molecule has 1 amide bonds. The van der Waals surface area contributed by atoms with Crippen LogP contribution in [0.5, 0.6) is 0 Å². The van der Waals surface area contributed by atoms with Gasteiger partial charge in [-0.15, -0.1) is 24.0 Å². The highest BCUT2D eigenvalue weighted by atomic mass is 127.